The van der Waals surface area contributed by atoms with Gasteiger partial charge >= 0.3 is 0 Å². The van der Waals surface area contributed by atoms with Crippen LogP contribution in [0.15, 0.2) is 54.6 Å². The van der Waals surface area contributed by atoms with Crippen molar-refractivity contribution in [2.24, 2.45) is 5.73 Å². The summed E-state index contributed by atoms with van der Waals surface area (Å²) in [6, 6.07) is 14.7. The van der Waals surface area contributed by atoms with E-state index < -0.39 is 5.91 Å². The van der Waals surface area contributed by atoms with Crippen LogP contribution in [0.4, 0.5) is 0 Å². The maximum absolute atomic E-state index is 12.6. The van der Waals surface area contributed by atoms with Crippen LogP contribution in [0.1, 0.15) is 17.5 Å². The van der Waals surface area contributed by atoms with E-state index in [9.17, 15) is 9.59 Å². The molecule has 0 aliphatic heterocycles. The van der Waals surface area contributed by atoms with Gasteiger partial charge in [-0.1, -0.05) is 41.9 Å². The van der Waals surface area contributed by atoms with Crippen LogP contribution in [0.25, 0.3) is 6.08 Å². The molecule has 0 saturated carbocycles. The summed E-state index contributed by atoms with van der Waals surface area (Å²) in [5.41, 5.74) is 6.90. The van der Waals surface area contributed by atoms with Crippen molar-refractivity contribution in [3.63, 3.8) is 0 Å². The lowest BCUT2D eigenvalue weighted by atomic mass is 10.1. The normalized spacial score (nSPS) is 10.7. The molecule has 0 aliphatic rings. The van der Waals surface area contributed by atoms with Crippen LogP contribution in [0, 0.1) is 0 Å². The van der Waals surface area contributed by atoms with Crippen LogP contribution in [0.2, 0.25) is 5.02 Å². The minimum atomic E-state index is -0.448. The van der Waals surface area contributed by atoms with Gasteiger partial charge in [-0.3, -0.25) is 9.59 Å². The summed E-state index contributed by atoms with van der Waals surface area (Å²) in [5, 5.41) is 0.549. The first-order valence-corrected chi connectivity index (χ1v) is 8.50. The molecule has 6 heteroatoms. The minimum absolute atomic E-state index is 0.104. The third-order valence-electron chi connectivity index (χ3n) is 3.75. The predicted octanol–water partition coefficient (Wildman–Crippen LogP) is 3.27. The standard InChI is InChI=1S/C20H21ClN2O3/c1-26-18-9-8-17(21)13-16(18)7-10-20(25)23(12-11-19(22)24)14-15-5-3-2-4-6-15/h2-10,13H,11-12,14H2,1H3,(H2,22,24). The molecule has 0 aliphatic carbocycles. The van der Waals surface area contributed by atoms with Crippen LogP contribution < -0.4 is 10.5 Å². The number of amides is 2. The Morgan fingerprint density at radius 1 is 1.19 bits per heavy atom. The number of nitrogens with zero attached hydrogens (tertiary/aromatic N) is 1. The molecule has 26 heavy (non-hydrogen) atoms. The summed E-state index contributed by atoms with van der Waals surface area (Å²) in [5.74, 6) is -0.0568. The van der Waals surface area contributed by atoms with Crippen molar-refractivity contribution < 1.29 is 14.3 Å². The van der Waals surface area contributed by atoms with Crippen molar-refractivity contribution in [2.75, 3.05) is 13.7 Å². The molecule has 2 rings (SSSR count). The number of primary amides is 1. The number of benzene rings is 2. The molecule has 136 valence electrons. The molecular formula is C20H21ClN2O3. The van der Waals surface area contributed by atoms with Crippen molar-refractivity contribution >= 4 is 29.5 Å². The van der Waals surface area contributed by atoms with Gasteiger partial charge in [-0.25, -0.2) is 0 Å². The molecule has 0 radical (unpaired) electrons. The van der Waals surface area contributed by atoms with Gasteiger partial charge in [0.25, 0.3) is 0 Å². The molecule has 0 heterocycles. The molecule has 2 amide bonds. The highest BCUT2D eigenvalue weighted by Crippen LogP contribution is 2.24. The van der Waals surface area contributed by atoms with Gasteiger partial charge in [0.1, 0.15) is 5.75 Å². The first-order valence-electron chi connectivity index (χ1n) is 8.12. The smallest absolute Gasteiger partial charge is 0.246 e. The van der Waals surface area contributed by atoms with Crippen LogP contribution in [0.5, 0.6) is 5.75 Å². The number of nitrogens with two attached hydrogens (primary N) is 1. The van der Waals surface area contributed by atoms with Gasteiger partial charge in [0, 0.05) is 36.2 Å². The fourth-order valence-electron chi connectivity index (χ4n) is 2.42. The number of halogens is 1. The van der Waals surface area contributed by atoms with E-state index in [0.717, 1.165) is 5.56 Å². The molecular weight excluding hydrogens is 352 g/mol. The second kappa shape index (κ2) is 9.63. The van der Waals surface area contributed by atoms with Crippen molar-refractivity contribution in [1.82, 2.24) is 4.90 Å². The van der Waals surface area contributed by atoms with E-state index in [4.69, 9.17) is 22.1 Å². The van der Waals surface area contributed by atoms with E-state index in [0.29, 0.717) is 22.9 Å². The Kier molecular flexibility index (Phi) is 7.24. The monoisotopic (exact) mass is 372 g/mol. The molecule has 5 nitrogen and oxygen atoms in total. The van der Waals surface area contributed by atoms with E-state index in [1.807, 2.05) is 30.3 Å². The zero-order chi connectivity index (χ0) is 18.9. The van der Waals surface area contributed by atoms with Crippen molar-refractivity contribution in [3.8, 4) is 5.75 Å². The summed E-state index contributed by atoms with van der Waals surface area (Å²) < 4.78 is 5.27. The number of carbonyl (C=O) groups is 2. The number of hydrogen-bond acceptors (Lipinski definition) is 3. The number of ether oxygens (including phenoxy) is 1. The van der Waals surface area contributed by atoms with Crippen molar-refractivity contribution in [1.29, 1.82) is 0 Å². The summed E-state index contributed by atoms with van der Waals surface area (Å²) in [6.07, 6.45) is 3.19. The van der Waals surface area contributed by atoms with E-state index in [1.54, 1.807) is 36.3 Å². The van der Waals surface area contributed by atoms with E-state index in [1.165, 1.54) is 6.08 Å². The molecule has 0 saturated heterocycles. The predicted molar refractivity (Wildman–Crippen MR) is 103 cm³/mol. The lowest BCUT2D eigenvalue weighted by Crippen LogP contribution is -2.32. The van der Waals surface area contributed by atoms with E-state index >= 15 is 0 Å². The van der Waals surface area contributed by atoms with Crippen LogP contribution in [0.3, 0.4) is 0 Å². The zero-order valence-electron chi connectivity index (χ0n) is 14.5. The Morgan fingerprint density at radius 2 is 1.92 bits per heavy atom. The average Bonchev–Trinajstić information content (AvgIpc) is 2.64. The van der Waals surface area contributed by atoms with Gasteiger partial charge < -0.3 is 15.4 Å². The molecule has 0 spiro atoms. The van der Waals surface area contributed by atoms with Gasteiger partial charge in [-0.2, -0.15) is 0 Å². The van der Waals surface area contributed by atoms with Crippen LogP contribution in [-0.4, -0.2) is 30.4 Å². The molecule has 0 aromatic heterocycles. The van der Waals surface area contributed by atoms with Crippen LogP contribution >= 0.6 is 11.6 Å². The van der Waals surface area contributed by atoms with Gasteiger partial charge in [0.15, 0.2) is 0 Å². The number of rotatable bonds is 8. The highest BCUT2D eigenvalue weighted by atomic mass is 35.5. The quantitative estimate of drug-likeness (QED) is 0.723. The Morgan fingerprint density at radius 3 is 2.58 bits per heavy atom. The Hall–Kier alpha value is -2.79. The van der Waals surface area contributed by atoms with Gasteiger partial charge in [0.2, 0.25) is 11.8 Å². The molecule has 2 aromatic carbocycles. The Balaban J connectivity index is 2.17. The van der Waals surface area contributed by atoms with Crippen LogP contribution in [-0.2, 0) is 16.1 Å². The fraction of sp³-hybridized carbons (Fsp3) is 0.200. The Labute approximate surface area is 158 Å². The summed E-state index contributed by atoms with van der Waals surface area (Å²) in [6.45, 7) is 0.643. The van der Waals surface area contributed by atoms with Crippen molar-refractivity contribution in [3.05, 3.63) is 70.8 Å². The molecule has 0 unspecified atom stereocenters. The SMILES string of the molecule is COc1ccc(Cl)cc1C=CC(=O)N(CCC(N)=O)Cc1ccccc1. The maximum atomic E-state index is 12.6. The molecule has 2 N–H and O–H groups in total. The number of hydrogen-bond donors (Lipinski definition) is 1. The second-order valence-corrected chi connectivity index (χ2v) is 6.12. The molecule has 2 aromatic rings. The lowest BCUT2D eigenvalue weighted by molar-refractivity contribution is -0.127. The number of carbonyl (C=O) groups excluding carboxylic acids is 2. The first kappa shape index (κ1) is 19.5. The van der Waals surface area contributed by atoms with E-state index in [2.05, 4.69) is 0 Å². The first-order chi connectivity index (χ1) is 12.5. The van der Waals surface area contributed by atoms with Gasteiger partial charge in [-0.05, 0) is 29.8 Å². The minimum Gasteiger partial charge on any atom is -0.496 e. The third kappa shape index (κ3) is 5.93. The lowest BCUT2D eigenvalue weighted by Gasteiger charge is -2.21. The molecule has 0 fully saturated rings. The molecule has 0 bridgehead atoms. The molecule has 0 atom stereocenters. The second-order valence-electron chi connectivity index (χ2n) is 5.68. The van der Waals surface area contributed by atoms with E-state index in [-0.39, 0.29) is 18.9 Å². The maximum Gasteiger partial charge on any atom is 0.246 e. The zero-order valence-corrected chi connectivity index (χ0v) is 15.3. The highest BCUT2D eigenvalue weighted by Gasteiger charge is 2.13. The highest BCUT2D eigenvalue weighted by molar-refractivity contribution is 6.30. The average molecular weight is 373 g/mol. The largest absolute Gasteiger partial charge is 0.496 e. The summed E-state index contributed by atoms with van der Waals surface area (Å²) in [4.78, 5) is 25.3. The Bertz CT molecular complexity index is 791. The summed E-state index contributed by atoms with van der Waals surface area (Å²) >= 11 is 6.01. The van der Waals surface area contributed by atoms with Crippen molar-refractivity contribution in [2.45, 2.75) is 13.0 Å². The van der Waals surface area contributed by atoms with Gasteiger partial charge in [-0.15, -0.1) is 0 Å². The number of methoxy groups -OCH3 is 1. The third-order valence-corrected chi connectivity index (χ3v) is 3.99. The summed E-state index contributed by atoms with van der Waals surface area (Å²) in [7, 11) is 1.55. The fourth-order valence-corrected chi connectivity index (χ4v) is 2.60. The topological polar surface area (TPSA) is 72.6 Å². The van der Waals surface area contributed by atoms with Gasteiger partial charge in [0.05, 0.1) is 7.11 Å².